The minimum Gasteiger partial charge on any atom is -0.384 e. The fourth-order valence-electron chi connectivity index (χ4n) is 2.54. The number of hydrogen-bond donors (Lipinski definition) is 2. The summed E-state index contributed by atoms with van der Waals surface area (Å²) in [5.41, 5.74) is 7.60. The lowest BCUT2D eigenvalue weighted by Crippen LogP contribution is -2.18. The van der Waals surface area contributed by atoms with E-state index in [2.05, 4.69) is 20.3 Å². The molecule has 0 fully saturated rings. The molecule has 0 bridgehead atoms. The van der Waals surface area contributed by atoms with Crippen LogP contribution in [0.25, 0.3) is 0 Å². The number of anilines is 2. The summed E-state index contributed by atoms with van der Waals surface area (Å²) in [4.78, 5) is 11.9. The van der Waals surface area contributed by atoms with Gasteiger partial charge < -0.3 is 11.1 Å². The molecule has 124 valence electrons. The van der Waals surface area contributed by atoms with E-state index in [1.165, 1.54) is 0 Å². The van der Waals surface area contributed by atoms with Crippen LogP contribution in [-0.2, 0) is 6.42 Å². The number of amidine groups is 1. The molecule has 2 aromatic rings. The topological polar surface area (TPSA) is 76.2 Å². The molecule has 1 atom stereocenters. The zero-order valence-corrected chi connectivity index (χ0v) is 13.7. The van der Waals surface area contributed by atoms with Gasteiger partial charge in [-0.15, -0.1) is 0 Å². The number of hydrogen-bond acceptors (Lipinski definition) is 5. The molecule has 7 heteroatoms. The van der Waals surface area contributed by atoms with Gasteiger partial charge in [-0.3, -0.25) is 4.99 Å². The summed E-state index contributed by atoms with van der Waals surface area (Å²) in [7, 11) is 0. The van der Waals surface area contributed by atoms with Crippen molar-refractivity contribution in [1.29, 1.82) is 0 Å². The standard InChI is InChI=1S/C17H17ClFN5/c18-17-21-10-14(19)16(24-17)23-13-5-1-3-11(9-13)7-8-12-4-2-6-15(20)22-12/h1-3,5-6,9-10,12H,4,7-8H2,(H2,20,22)(H,21,23,24). The second-order valence-electron chi connectivity index (χ2n) is 5.55. The quantitative estimate of drug-likeness (QED) is 0.811. The molecular weight excluding hydrogens is 329 g/mol. The van der Waals surface area contributed by atoms with Crippen LogP contribution in [0.4, 0.5) is 15.9 Å². The Labute approximate surface area is 144 Å². The molecule has 0 spiro atoms. The fraction of sp³-hybridized carbons (Fsp3) is 0.235. The molecule has 2 heterocycles. The highest BCUT2D eigenvalue weighted by molar-refractivity contribution is 6.28. The van der Waals surface area contributed by atoms with Gasteiger partial charge in [-0.05, 0) is 54.6 Å². The highest BCUT2D eigenvalue weighted by atomic mass is 35.5. The summed E-state index contributed by atoms with van der Waals surface area (Å²) in [6, 6.07) is 7.96. The summed E-state index contributed by atoms with van der Waals surface area (Å²) in [5.74, 6) is 0.0864. The Morgan fingerprint density at radius 3 is 3.08 bits per heavy atom. The van der Waals surface area contributed by atoms with Crippen LogP contribution in [0, 0.1) is 5.82 Å². The largest absolute Gasteiger partial charge is 0.384 e. The van der Waals surface area contributed by atoms with Crippen molar-refractivity contribution in [3.05, 3.63) is 59.3 Å². The fourth-order valence-corrected chi connectivity index (χ4v) is 2.68. The van der Waals surface area contributed by atoms with Gasteiger partial charge in [0.15, 0.2) is 11.6 Å². The molecule has 0 radical (unpaired) electrons. The van der Waals surface area contributed by atoms with Crippen LogP contribution in [0.5, 0.6) is 0 Å². The van der Waals surface area contributed by atoms with E-state index in [9.17, 15) is 4.39 Å². The van der Waals surface area contributed by atoms with Crippen molar-refractivity contribution in [3.63, 3.8) is 0 Å². The highest BCUT2D eigenvalue weighted by Gasteiger charge is 2.10. The number of nitrogens with one attached hydrogen (secondary N) is 1. The van der Waals surface area contributed by atoms with Gasteiger partial charge in [-0.25, -0.2) is 9.37 Å². The van der Waals surface area contributed by atoms with Gasteiger partial charge in [0.05, 0.1) is 12.2 Å². The number of halogens is 2. The van der Waals surface area contributed by atoms with Crippen molar-refractivity contribution in [2.24, 2.45) is 10.7 Å². The summed E-state index contributed by atoms with van der Waals surface area (Å²) in [6.07, 6.45) is 7.60. The number of aliphatic imine (C=N–C) groups is 1. The molecule has 1 aliphatic heterocycles. The van der Waals surface area contributed by atoms with Gasteiger partial charge in [0.25, 0.3) is 0 Å². The van der Waals surface area contributed by atoms with Crippen molar-refractivity contribution in [3.8, 4) is 0 Å². The lowest BCUT2D eigenvalue weighted by molar-refractivity contribution is 0.618. The summed E-state index contributed by atoms with van der Waals surface area (Å²) in [5, 5.41) is 2.93. The van der Waals surface area contributed by atoms with Crippen molar-refractivity contribution in [1.82, 2.24) is 9.97 Å². The lowest BCUT2D eigenvalue weighted by Gasteiger charge is -2.14. The van der Waals surface area contributed by atoms with Gasteiger partial charge in [-0.2, -0.15) is 4.98 Å². The van der Waals surface area contributed by atoms with Gasteiger partial charge in [0, 0.05) is 5.69 Å². The average Bonchev–Trinajstić information content (AvgIpc) is 2.57. The zero-order valence-electron chi connectivity index (χ0n) is 12.9. The van der Waals surface area contributed by atoms with Gasteiger partial charge in [-0.1, -0.05) is 18.2 Å². The number of nitrogens with zero attached hydrogens (tertiary/aromatic N) is 3. The minimum atomic E-state index is -0.552. The second-order valence-corrected chi connectivity index (χ2v) is 5.88. The predicted molar refractivity (Wildman–Crippen MR) is 94.2 cm³/mol. The van der Waals surface area contributed by atoms with Crippen molar-refractivity contribution < 1.29 is 4.39 Å². The van der Waals surface area contributed by atoms with Crippen LogP contribution in [0.3, 0.4) is 0 Å². The number of aryl methyl sites for hydroxylation is 1. The normalized spacial score (nSPS) is 16.8. The van der Waals surface area contributed by atoms with Crippen molar-refractivity contribution >= 4 is 28.9 Å². The SMILES string of the molecule is NC1=NC(CCc2cccc(Nc3nc(Cl)ncc3F)c2)CC=C1. The van der Waals surface area contributed by atoms with E-state index in [0.29, 0.717) is 5.84 Å². The summed E-state index contributed by atoms with van der Waals surface area (Å²) < 4.78 is 13.7. The Kier molecular flexibility index (Phi) is 5.05. The van der Waals surface area contributed by atoms with E-state index in [-0.39, 0.29) is 17.1 Å². The molecular formula is C17H17ClFN5. The first-order valence-electron chi connectivity index (χ1n) is 7.64. The maximum absolute atomic E-state index is 13.7. The molecule has 0 saturated heterocycles. The number of rotatable bonds is 5. The number of benzene rings is 1. The molecule has 3 rings (SSSR count). The van der Waals surface area contributed by atoms with E-state index in [4.69, 9.17) is 17.3 Å². The molecule has 1 unspecified atom stereocenters. The lowest BCUT2D eigenvalue weighted by atomic mass is 10.0. The van der Waals surface area contributed by atoms with Crippen LogP contribution < -0.4 is 11.1 Å². The monoisotopic (exact) mass is 345 g/mol. The van der Waals surface area contributed by atoms with E-state index in [0.717, 1.165) is 36.7 Å². The van der Waals surface area contributed by atoms with E-state index >= 15 is 0 Å². The zero-order chi connectivity index (χ0) is 16.9. The minimum absolute atomic E-state index is 0.00384. The summed E-state index contributed by atoms with van der Waals surface area (Å²) >= 11 is 5.70. The molecule has 0 saturated carbocycles. The Bertz CT molecular complexity index is 790. The maximum atomic E-state index is 13.7. The van der Waals surface area contributed by atoms with E-state index < -0.39 is 5.82 Å². The Morgan fingerprint density at radius 1 is 1.38 bits per heavy atom. The molecule has 0 aliphatic carbocycles. The van der Waals surface area contributed by atoms with Gasteiger partial charge in [0.2, 0.25) is 5.28 Å². The van der Waals surface area contributed by atoms with Gasteiger partial charge in [0.1, 0.15) is 5.84 Å². The smallest absolute Gasteiger partial charge is 0.224 e. The highest BCUT2D eigenvalue weighted by Crippen LogP contribution is 2.21. The van der Waals surface area contributed by atoms with Crippen molar-refractivity contribution in [2.75, 3.05) is 5.32 Å². The number of nitrogens with two attached hydrogens (primary N) is 1. The third kappa shape index (κ3) is 4.29. The molecule has 0 amide bonds. The summed E-state index contributed by atoms with van der Waals surface area (Å²) in [6.45, 7) is 0. The van der Waals surface area contributed by atoms with Crippen molar-refractivity contribution in [2.45, 2.75) is 25.3 Å². The first kappa shape index (κ1) is 16.4. The number of dihydropyridines is 1. The molecule has 24 heavy (non-hydrogen) atoms. The Hall–Kier alpha value is -2.47. The van der Waals surface area contributed by atoms with E-state index in [1.54, 1.807) is 0 Å². The maximum Gasteiger partial charge on any atom is 0.224 e. The first-order valence-corrected chi connectivity index (χ1v) is 8.02. The van der Waals surface area contributed by atoms with Crippen LogP contribution in [0.1, 0.15) is 18.4 Å². The van der Waals surface area contributed by atoms with Crippen LogP contribution in [0.2, 0.25) is 5.28 Å². The first-order chi connectivity index (χ1) is 11.6. The van der Waals surface area contributed by atoms with Crippen LogP contribution in [-0.4, -0.2) is 21.8 Å². The van der Waals surface area contributed by atoms with E-state index in [1.807, 2.05) is 36.4 Å². The third-order valence-electron chi connectivity index (χ3n) is 3.70. The second kappa shape index (κ2) is 7.40. The molecule has 3 N–H and O–H groups in total. The molecule has 1 aromatic heterocycles. The van der Waals surface area contributed by atoms with Crippen LogP contribution in [0.15, 0.2) is 47.6 Å². The molecule has 1 aromatic carbocycles. The average molecular weight is 346 g/mol. The van der Waals surface area contributed by atoms with Gasteiger partial charge >= 0.3 is 0 Å². The number of aromatic nitrogens is 2. The molecule has 5 nitrogen and oxygen atoms in total. The molecule has 1 aliphatic rings. The Morgan fingerprint density at radius 2 is 2.25 bits per heavy atom. The third-order valence-corrected chi connectivity index (χ3v) is 3.88. The van der Waals surface area contributed by atoms with Crippen LogP contribution >= 0.6 is 11.6 Å². The predicted octanol–water partition coefficient (Wildman–Crippen LogP) is 3.63. The Balaban J connectivity index is 1.66.